The first-order valence-electron chi connectivity index (χ1n) is 7.62. The Bertz CT molecular complexity index is 613. The Labute approximate surface area is 140 Å². The monoisotopic (exact) mass is 335 g/mol. The fourth-order valence-corrected chi connectivity index (χ4v) is 2.61. The van der Waals surface area contributed by atoms with E-state index < -0.39 is 24.0 Å². The number of likely N-dealkylation sites (tertiary alicyclic amines) is 1. The number of aliphatic hydroxyl groups excluding tert-OH is 1. The van der Waals surface area contributed by atoms with Crippen LogP contribution < -0.4 is 0 Å². The van der Waals surface area contributed by atoms with Crippen LogP contribution in [0.25, 0.3) is 0 Å². The Kier molecular flexibility index (Phi) is 6.06. The summed E-state index contributed by atoms with van der Waals surface area (Å²) in [5.41, 5.74) is 1.04. The van der Waals surface area contributed by atoms with Crippen LogP contribution >= 0.6 is 0 Å². The molecule has 1 unspecified atom stereocenters. The van der Waals surface area contributed by atoms with E-state index in [0.29, 0.717) is 19.3 Å². The van der Waals surface area contributed by atoms with Gasteiger partial charge in [0.15, 0.2) is 0 Å². The third kappa shape index (κ3) is 3.98. The van der Waals surface area contributed by atoms with Gasteiger partial charge in [-0.2, -0.15) is 0 Å². The maximum absolute atomic E-state index is 12.5. The van der Waals surface area contributed by atoms with Crippen molar-refractivity contribution in [1.82, 2.24) is 4.90 Å². The lowest BCUT2D eigenvalue weighted by atomic mass is 10.00. The second kappa shape index (κ2) is 8.24. The number of benzene rings is 1. The van der Waals surface area contributed by atoms with E-state index in [9.17, 15) is 14.7 Å². The van der Waals surface area contributed by atoms with E-state index in [1.54, 1.807) is 0 Å². The lowest BCUT2D eigenvalue weighted by Crippen LogP contribution is -2.48. The molecule has 0 aromatic heterocycles. The molecule has 0 bridgehead atoms. The molecule has 0 spiro atoms. The summed E-state index contributed by atoms with van der Waals surface area (Å²) < 4.78 is 14.9. The highest BCUT2D eigenvalue weighted by Gasteiger charge is 2.39. The average Bonchev–Trinajstić information content (AvgIpc) is 2.64. The van der Waals surface area contributed by atoms with E-state index >= 15 is 0 Å². The first kappa shape index (κ1) is 17.7. The van der Waals surface area contributed by atoms with Crippen molar-refractivity contribution in [2.24, 2.45) is 0 Å². The molecule has 1 fully saturated rings. The molecule has 24 heavy (non-hydrogen) atoms. The van der Waals surface area contributed by atoms with Crippen LogP contribution in [0.4, 0.5) is 4.79 Å². The molecule has 2 rings (SSSR count). The Balaban J connectivity index is 2.20. The molecular weight excluding hydrogens is 314 g/mol. The lowest BCUT2D eigenvalue weighted by Gasteiger charge is -2.34. The summed E-state index contributed by atoms with van der Waals surface area (Å²) in [5.74, 6) is -0.965. The minimum atomic E-state index is -0.848. The summed E-state index contributed by atoms with van der Waals surface area (Å²) >= 11 is 0. The van der Waals surface area contributed by atoms with Crippen molar-refractivity contribution in [3.63, 3.8) is 0 Å². The van der Waals surface area contributed by atoms with Crippen molar-refractivity contribution >= 4 is 12.1 Å². The van der Waals surface area contributed by atoms with E-state index in [1.165, 1.54) is 14.2 Å². The highest BCUT2D eigenvalue weighted by atomic mass is 16.6. The van der Waals surface area contributed by atoms with E-state index in [4.69, 9.17) is 14.2 Å². The molecule has 0 radical (unpaired) electrons. The SMILES string of the molecule is COC(=O)C1CCC/C(=C(/O)OC)N1C(=O)OCc1ccccc1. The van der Waals surface area contributed by atoms with E-state index in [1.807, 2.05) is 30.3 Å². The lowest BCUT2D eigenvalue weighted by molar-refractivity contribution is -0.146. The number of allylic oxidation sites excluding steroid dienone is 1. The maximum atomic E-state index is 12.5. The Hall–Kier alpha value is -2.70. The topological polar surface area (TPSA) is 85.3 Å². The van der Waals surface area contributed by atoms with Crippen LogP contribution in [0.5, 0.6) is 0 Å². The third-order valence-corrected chi connectivity index (χ3v) is 3.81. The van der Waals surface area contributed by atoms with Gasteiger partial charge in [0.2, 0.25) is 0 Å². The molecule has 1 aromatic carbocycles. The van der Waals surface area contributed by atoms with Crippen LogP contribution in [0.2, 0.25) is 0 Å². The summed E-state index contributed by atoms with van der Waals surface area (Å²) in [6, 6.07) is 8.34. The smallest absolute Gasteiger partial charge is 0.415 e. The third-order valence-electron chi connectivity index (χ3n) is 3.81. The Morgan fingerprint density at radius 2 is 1.92 bits per heavy atom. The van der Waals surface area contributed by atoms with Gasteiger partial charge >= 0.3 is 12.1 Å². The van der Waals surface area contributed by atoms with Crippen LogP contribution in [0.1, 0.15) is 24.8 Å². The molecule has 1 heterocycles. The van der Waals surface area contributed by atoms with Crippen LogP contribution in [-0.4, -0.2) is 42.3 Å². The van der Waals surface area contributed by atoms with Gasteiger partial charge in [-0.15, -0.1) is 0 Å². The van der Waals surface area contributed by atoms with E-state index in [0.717, 1.165) is 10.5 Å². The zero-order chi connectivity index (χ0) is 17.5. The first-order chi connectivity index (χ1) is 11.6. The van der Waals surface area contributed by atoms with Gasteiger partial charge in [-0.25, -0.2) is 9.59 Å². The molecule has 1 aliphatic heterocycles. The highest BCUT2D eigenvalue weighted by Crippen LogP contribution is 2.29. The minimum Gasteiger partial charge on any atom is -0.480 e. The van der Waals surface area contributed by atoms with Gasteiger partial charge in [0.1, 0.15) is 18.3 Å². The fourth-order valence-electron chi connectivity index (χ4n) is 2.61. The first-order valence-corrected chi connectivity index (χ1v) is 7.62. The summed E-state index contributed by atoms with van der Waals surface area (Å²) in [6.45, 7) is 0.0606. The summed E-state index contributed by atoms with van der Waals surface area (Å²) in [7, 11) is 2.54. The van der Waals surface area contributed by atoms with Gasteiger partial charge in [0.05, 0.1) is 14.2 Å². The maximum Gasteiger partial charge on any atom is 0.415 e. The number of hydrogen-bond acceptors (Lipinski definition) is 6. The quantitative estimate of drug-likeness (QED) is 0.673. The number of esters is 1. The number of piperidine rings is 1. The minimum absolute atomic E-state index is 0.0606. The molecule has 1 N–H and O–H groups in total. The average molecular weight is 335 g/mol. The largest absolute Gasteiger partial charge is 0.480 e. The zero-order valence-corrected chi connectivity index (χ0v) is 13.7. The molecule has 7 heteroatoms. The van der Waals surface area contributed by atoms with Gasteiger partial charge in [-0.05, 0) is 24.8 Å². The van der Waals surface area contributed by atoms with Crippen molar-refractivity contribution < 1.29 is 28.9 Å². The van der Waals surface area contributed by atoms with E-state index in [2.05, 4.69) is 0 Å². The van der Waals surface area contributed by atoms with Gasteiger partial charge in [-0.3, -0.25) is 4.90 Å². The molecule has 1 aliphatic rings. The van der Waals surface area contributed by atoms with Gasteiger partial charge in [0.25, 0.3) is 5.95 Å². The number of carbonyl (C=O) groups is 2. The van der Waals surface area contributed by atoms with Gasteiger partial charge in [-0.1, -0.05) is 30.3 Å². The number of nitrogens with zero attached hydrogens (tertiary/aromatic N) is 1. The fraction of sp³-hybridized carbons (Fsp3) is 0.412. The number of aliphatic hydroxyl groups is 1. The Morgan fingerprint density at radius 1 is 1.21 bits per heavy atom. The van der Waals surface area contributed by atoms with E-state index in [-0.39, 0.29) is 12.3 Å². The standard InChI is InChI=1S/C17H21NO6/c1-22-15(19)13-9-6-10-14(16(20)23-2)18(13)17(21)24-11-12-7-4-3-5-8-12/h3-5,7-8,13,20H,6,9-11H2,1-2H3/b16-14+. The predicted octanol–water partition coefficient (Wildman–Crippen LogP) is 2.72. The van der Waals surface area contributed by atoms with Gasteiger partial charge in [0, 0.05) is 0 Å². The molecule has 0 saturated carbocycles. The number of carbonyl (C=O) groups excluding carboxylic acids is 2. The van der Waals surface area contributed by atoms with Gasteiger partial charge < -0.3 is 19.3 Å². The molecule has 130 valence electrons. The van der Waals surface area contributed by atoms with Crippen molar-refractivity contribution in [2.45, 2.75) is 31.9 Å². The van der Waals surface area contributed by atoms with Crippen LogP contribution in [-0.2, 0) is 25.6 Å². The van der Waals surface area contributed by atoms with Crippen LogP contribution in [0.15, 0.2) is 42.0 Å². The zero-order valence-electron chi connectivity index (χ0n) is 13.7. The second-order valence-corrected chi connectivity index (χ2v) is 5.30. The summed E-state index contributed by atoms with van der Waals surface area (Å²) in [4.78, 5) is 25.6. The van der Waals surface area contributed by atoms with Crippen molar-refractivity contribution in [1.29, 1.82) is 0 Å². The second-order valence-electron chi connectivity index (χ2n) is 5.30. The normalized spacial score (nSPS) is 19.4. The van der Waals surface area contributed by atoms with Crippen LogP contribution in [0.3, 0.4) is 0 Å². The molecule has 0 aliphatic carbocycles. The molecule has 1 saturated heterocycles. The number of rotatable bonds is 4. The van der Waals surface area contributed by atoms with Crippen LogP contribution in [0, 0.1) is 0 Å². The van der Waals surface area contributed by atoms with Crippen molar-refractivity contribution in [2.75, 3.05) is 14.2 Å². The number of amides is 1. The summed E-state index contributed by atoms with van der Waals surface area (Å²) in [6.07, 6.45) is 0.708. The predicted molar refractivity (Wildman–Crippen MR) is 84.8 cm³/mol. The highest BCUT2D eigenvalue weighted by molar-refractivity contribution is 5.83. The molecular formula is C17H21NO6. The number of methoxy groups -OCH3 is 2. The molecule has 7 nitrogen and oxygen atoms in total. The van der Waals surface area contributed by atoms with Crippen molar-refractivity contribution in [3.05, 3.63) is 47.5 Å². The van der Waals surface area contributed by atoms with Crippen molar-refractivity contribution in [3.8, 4) is 0 Å². The molecule has 1 aromatic rings. The molecule has 1 atom stereocenters. The Morgan fingerprint density at radius 3 is 2.54 bits per heavy atom. The summed E-state index contributed by atoms with van der Waals surface area (Å²) in [5, 5.41) is 9.92. The molecule has 1 amide bonds. The number of hydrogen-bond donors (Lipinski definition) is 1. The number of ether oxygens (including phenoxy) is 3.